The van der Waals surface area contributed by atoms with Crippen molar-refractivity contribution in [3.8, 4) is 0 Å². The highest BCUT2D eigenvalue weighted by Crippen LogP contribution is 2.17. The largest absolute Gasteiger partial charge is 0.347 e. The molecule has 0 aliphatic carbocycles. The van der Waals surface area contributed by atoms with E-state index in [1.54, 1.807) is 33.8 Å². The van der Waals surface area contributed by atoms with Crippen LogP contribution in [-0.2, 0) is 19.6 Å². The maximum absolute atomic E-state index is 13.3. The number of hydrogen-bond donors (Lipinski definition) is 1. The Labute approximate surface area is 172 Å². The summed E-state index contributed by atoms with van der Waals surface area (Å²) in [5.41, 5.74) is 1.93. The van der Waals surface area contributed by atoms with Crippen LogP contribution in [0.4, 0.5) is 8.78 Å². The van der Waals surface area contributed by atoms with Crippen LogP contribution in [0.1, 0.15) is 38.5 Å². The van der Waals surface area contributed by atoms with Gasteiger partial charge in [-0.1, -0.05) is 24.3 Å². The molecule has 0 bridgehead atoms. The lowest BCUT2D eigenvalue weighted by molar-refractivity contribution is 0.0745. The molecule has 2 amide bonds. The number of carbonyl (C=O) groups excluding carboxylic acids is 2. The number of nitrogens with zero attached hydrogens (tertiary/aromatic N) is 3. The zero-order valence-electron chi connectivity index (χ0n) is 16.1. The van der Waals surface area contributed by atoms with Gasteiger partial charge < -0.3 is 10.2 Å². The number of aryl methyl sites for hydroxylation is 1. The Hall–Kier alpha value is -3.55. The lowest BCUT2D eigenvalue weighted by Crippen LogP contribution is -2.30. The van der Waals surface area contributed by atoms with E-state index in [4.69, 9.17) is 0 Å². The van der Waals surface area contributed by atoms with Crippen molar-refractivity contribution in [1.82, 2.24) is 20.0 Å². The Morgan fingerprint density at radius 2 is 1.80 bits per heavy atom. The molecule has 1 N–H and O–H groups in total. The van der Waals surface area contributed by atoms with E-state index < -0.39 is 5.91 Å². The number of carbonyl (C=O) groups is 2. The summed E-state index contributed by atoms with van der Waals surface area (Å²) in [7, 11) is 0. The van der Waals surface area contributed by atoms with Crippen molar-refractivity contribution in [2.45, 2.75) is 26.1 Å². The molecule has 154 valence electrons. The van der Waals surface area contributed by atoms with E-state index in [1.165, 1.54) is 30.3 Å². The smallest absolute Gasteiger partial charge is 0.272 e. The van der Waals surface area contributed by atoms with Crippen molar-refractivity contribution in [3.63, 3.8) is 0 Å². The maximum atomic E-state index is 13.3. The molecule has 0 saturated carbocycles. The second-order valence-electron chi connectivity index (χ2n) is 7.16. The molecule has 3 aromatic rings. The summed E-state index contributed by atoms with van der Waals surface area (Å²) in [6, 6.07) is 13.5. The number of halogens is 2. The summed E-state index contributed by atoms with van der Waals surface area (Å²) in [5.74, 6) is -1.36. The van der Waals surface area contributed by atoms with Crippen molar-refractivity contribution in [2.75, 3.05) is 6.54 Å². The molecular formula is C22H20F2N4O2. The summed E-state index contributed by atoms with van der Waals surface area (Å²) in [4.78, 5) is 27.1. The molecule has 2 aromatic carbocycles. The predicted molar refractivity (Wildman–Crippen MR) is 106 cm³/mol. The third-order valence-electron chi connectivity index (χ3n) is 4.95. The Morgan fingerprint density at radius 1 is 1.00 bits per heavy atom. The molecule has 0 spiro atoms. The van der Waals surface area contributed by atoms with E-state index in [9.17, 15) is 18.4 Å². The summed E-state index contributed by atoms with van der Waals surface area (Å²) < 4.78 is 27.9. The average Bonchev–Trinajstić information content (AvgIpc) is 3.11. The Balaban J connectivity index is 1.46. The molecular weight excluding hydrogens is 390 g/mol. The predicted octanol–water partition coefficient (Wildman–Crippen LogP) is 3.14. The van der Waals surface area contributed by atoms with Gasteiger partial charge in [-0.25, -0.2) is 8.78 Å². The molecule has 30 heavy (non-hydrogen) atoms. The normalized spacial score (nSPS) is 13.7. The minimum absolute atomic E-state index is 0.137. The van der Waals surface area contributed by atoms with E-state index in [1.807, 2.05) is 0 Å². The highest BCUT2D eigenvalue weighted by atomic mass is 19.1. The fourth-order valence-electron chi connectivity index (χ4n) is 3.43. The van der Waals surface area contributed by atoms with Crippen LogP contribution < -0.4 is 5.32 Å². The lowest BCUT2D eigenvalue weighted by atomic mass is 10.2. The van der Waals surface area contributed by atoms with Crippen LogP contribution >= 0.6 is 0 Å². The zero-order chi connectivity index (χ0) is 21.1. The second kappa shape index (κ2) is 8.44. The Morgan fingerprint density at radius 3 is 2.57 bits per heavy atom. The van der Waals surface area contributed by atoms with Gasteiger partial charge in [-0.05, 0) is 41.8 Å². The quantitative estimate of drug-likeness (QED) is 0.703. The first-order valence-electron chi connectivity index (χ1n) is 9.64. The minimum atomic E-state index is -0.433. The third kappa shape index (κ3) is 4.37. The van der Waals surface area contributed by atoms with Gasteiger partial charge in [0.2, 0.25) is 0 Å². The monoisotopic (exact) mass is 410 g/mol. The highest BCUT2D eigenvalue weighted by Gasteiger charge is 2.26. The molecule has 6 nitrogen and oxygen atoms in total. The highest BCUT2D eigenvalue weighted by molar-refractivity contribution is 5.98. The second-order valence-corrected chi connectivity index (χ2v) is 7.16. The van der Waals surface area contributed by atoms with Gasteiger partial charge >= 0.3 is 0 Å². The van der Waals surface area contributed by atoms with Gasteiger partial charge in [0, 0.05) is 32.2 Å². The molecule has 4 rings (SSSR count). The number of benzene rings is 2. The molecule has 0 saturated heterocycles. The molecule has 2 heterocycles. The van der Waals surface area contributed by atoms with Gasteiger partial charge in [-0.2, -0.15) is 5.10 Å². The summed E-state index contributed by atoms with van der Waals surface area (Å²) >= 11 is 0. The van der Waals surface area contributed by atoms with Crippen molar-refractivity contribution in [2.24, 2.45) is 0 Å². The Kier molecular flexibility index (Phi) is 5.56. The van der Waals surface area contributed by atoms with Crippen molar-refractivity contribution < 1.29 is 18.4 Å². The number of fused-ring (bicyclic) bond motifs is 1. The zero-order valence-corrected chi connectivity index (χ0v) is 16.1. The van der Waals surface area contributed by atoms with Gasteiger partial charge in [-0.15, -0.1) is 0 Å². The maximum Gasteiger partial charge on any atom is 0.272 e. The fourth-order valence-corrected chi connectivity index (χ4v) is 3.43. The van der Waals surface area contributed by atoms with E-state index >= 15 is 0 Å². The molecule has 0 atom stereocenters. The summed E-state index contributed by atoms with van der Waals surface area (Å²) in [6.07, 6.45) is 0.686. The molecule has 1 aliphatic rings. The van der Waals surface area contributed by atoms with Gasteiger partial charge in [0.15, 0.2) is 5.69 Å². The summed E-state index contributed by atoms with van der Waals surface area (Å²) in [6.45, 7) is 1.56. The molecule has 1 aliphatic heterocycles. The molecule has 0 fully saturated rings. The summed E-state index contributed by atoms with van der Waals surface area (Å²) in [5, 5.41) is 6.97. The van der Waals surface area contributed by atoms with Gasteiger partial charge in [-0.3, -0.25) is 14.3 Å². The SMILES string of the molecule is O=C(NCc1cccc(F)c1)c1cc2n(n1)CCCN(Cc1ccc(F)cc1)C2=O. The van der Waals surface area contributed by atoms with Crippen molar-refractivity contribution in [3.05, 3.63) is 88.7 Å². The van der Waals surface area contributed by atoms with Crippen LogP contribution in [-0.4, -0.2) is 33.0 Å². The molecule has 8 heteroatoms. The van der Waals surface area contributed by atoms with Crippen LogP contribution in [0.25, 0.3) is 0 Å². The first-order valence-corrected chi connectivity index (χ1v) is 9.64. The van der Waals surface area contributed by atoms with E-state index in [2.05, 4.69) is 10.4 Å². The standard InChI is InChI=1S/C22H20F2N4O2/c23-17-7-5-15(6-8-17)14-27-9-2-10-28-20(22(27)30)12-19(26-28)21(29)25-13-16-3-1-4-18(24)11-16/h1,3-8,11-12H,2,9-10,13-14H2,(H,25,29). The van der Waals surface area contributed by atoms with Crippen molar-refractivity contribution in [1.29, 1.82) is 0 Å². The fraction of sp³-hybridized carbons (Fsp3) is 0.227. The Bertz CT molecular complexity index is 1080. The number of nitrogens with one attached hydrogen (secondary N) is 1. The van der Waals surface area contributed by atoms with Gasteiger partial charge in [0.1, 0.15) is 17.3 Å². The average molecular weight is 410 g/mol. The molecule has 0 unspecified atom stereocenters. The number of aromatic nitrogens is 2. The third-order valence-corrected chi connectivity index (χ3v) is 4.95. The van der Waals surface area contributed by atoms with E-state index in [0.29, 0.717) is 37.3 Å². The minimum Gasteiger partial charge on any atom is -0.347 e. The number of amides is 2. The van der Waals surface area contributed by atoms with Crippen LogP contribution in [0, 0.1) is 11.6 Å². The number of rotatable bonds is 5. The van der Waals surface area contributed by atoms with Crippen LogP contribution in [0.3, 0.4) is 0 Å². The van der Waals surface area contributed by atoms with Crippen molar-refractivity contribution >= 4 is 11.8 Å². The van der Waals surface area contributed by atoms with E-state index in [0.717, 1.165) is 5.56 Å². The first kappa shape index (κ1) is 19.8. The first-order chi connectivity index (χ1) is 14.5. The van der Waals surface area contributed by atoms with Gasteiger partial charge in [0.25, 0.3) is 11.8 Å². The van der Waals surface area contributed by atoms with Crippen LogP contribution in [0.5, 0.6) is 0 Å². The number of hydrogen-bond acceptors (Lipinski definition) is 3. The topological polar surface area (TPSA) is 67.2 Å². The lowest BCUT2D eigenvalue weighted by Gasteiger charge is -2.20. The van der Waals surface area contributed by atoms with E-state index in [-0.39, 0.29) is 29.8 Å². The van der Waals surface area contributed by atoms with Gasteiger partial charge in [0.05, 0.1) is 0 Å². The van der Waals surface area contributed by atoms with Crippen LogP contribution in [0.2, 0.25) is 0 Å². The molecule has 1 aromatic heterocycles. The molecule has 0 radical (unpaired) electrons. The van der Waals surface area contributed by atoms with Crippen LogP contribution in [0.15, 0.2) is 54.6 Å².